The van der Waals surface area contributed by atoms with Crippen molar-refractivity contribution in [3.8, 4) is 0 Å². The van der Waals surface area contributed by atoms with Crippen LogP contribution in [-0.2, 0) is 24.2 Å². The molecule has 0 bridgehead atoms. The Balaban J connectivity index is 1.20. The SMILES string of the molecule is CN1C(=O)[C@@H](NC(=O)c2nc3n(n2)[C@H](c2ccccc2F)CC3)CCc2cn(CC3CC3)c(=O)cc21. The van der Waals surface area contributed by atoms with Gasteiger partial charge in [0, 0.05) is 37.8 Å². The molecule has 0 spiro atoms. The quantitative estimate of drug-likeness (QED) is 0.591. The zero-order chi connectivity index (χ0) is 25.0. The van der Waals surface area contributed by atoms with Crippen LogP contribution in [0.3, 0.4) is 0 Å². The van der Waals surface area contributed by atoms with Gasteiger partial charge in [-0.1, -0.05) is 18.2 Å². The second-order valence-electron chi connectivity index (χ2n) is 9.95. The van der Waals surface area contributed by atoms with Crippen molar-refractivity contribution in [2.24, 2.45) is 5.92 Å². The number of nitrogens with one attached hydrogen (secondary N) is 1. The van der Waals surface area contributed by atoms with E-state index in [0.29, 0.717) is 55.2 Å². The summed E-state index contributed by atoms with van der Waals surface area (Å²) in [5.74, 6) is -0.0172. The highest BCUT2D eigenvalue weighted by Gasteiger charge is 2.34. The minimum Gasteiger partial charge on any atom is -0.337 e. The Morgan fingerprint density at radius 3 is 2.72 bits per heavy atom. The summed E-state index contributed by atoms with van der Waals surface area (Å²) in [5, 5.41) is 7.16. The third-order valence-electron chi connectivity index (χ3n) is 7.44. The molecule has 1 aliphatic carbocycles. The van der Waals surface area contributed by atoms with Gasteiger partial charge in [0.05, 0.1) is 11.7 Å². The summed E-state index contributed by atoms with van der Waals surface area (Å²) in [6.45, 7) is 0.703. The zero-order valence-electron chi connectivity index (χ0n) is 20.0. The maximum Gasteiger partial charge on any atom is 0.291 e. The van der Waals surface area contributed by atoms with Crippen molar-refractivity contribution in [1.29, 1.82) is 0 Å². The molecule has 0 unspecified atom stereocenters. The van der Waals surface area contributed by atoms with Gasteiger partial charge in [-0.25, -0.2) is 14.1 Å². The number of hydrogen-bond acceptors (Lipinski definition) is 5. The van der Waals surface area contributed by atoms with Crippen molar-refractivity contribution in [3.63, 3.8) is 0 Å². The summed E-state index contributed by atoms with van der Waals surface area (Å²) in [5.41, 5.74) is 1.89. The van der Waals surface area contributed by atoms with E-state index < -0.39 is 11.9 Å². The molecule has 2 atom stereocenters. The fourth-order valence-corrected chi connectivity index (χ4v) is 5.26. The number of halogens is 1. The Labute approximate surface area is 206 Å². The van der Waals surface area contributed by atoms with Crippen LogP contribution in [0.2, 0.25) is 0 Å². The average molecular weight is 491 g/mol. The van der Waals surface area contributed by atoms with E-state index in [9.17, 15) is 18.8 Å². The van der Waals surface area contributed by atoms with Crippen molar-refractivity contribution in [1.82, 2.24) is 24.6 Å². The number of aryl methyl sites for hydroxylation is 2. The van der Waals surface area contributed by atoms with Crippen LogP contribution >= 0.6 is 0 Å². The van der Waals surface area contributed by atoms with E-state index in [1.165, 1.54) is 17.0 Å². The lowest BCUT2D eigenvalue weighted by molar-refractivity contribution is -0.120. The van der Waals surface area contributed by atoms with E-state index >= 15 is 0 Å². The molecule has 1 aromatic carbocycles. The van der Waals surface area contributed by atoms with Gasteiger partial charge in [-0.3, -0.25) is 14.4 Å². The summed E-state index contributed by atoms with van der Waals surface area (Å²) in [7, 11) is 1.62. The van der Waals surface area contributed by atoms with Crippen LogP contribution in [0.4, 0.5) is 10.1 Å². The molecule has 9 nitrogen and oxygen atoms in total. The molecule has 1 N–H and O–H groups in total. The molecule has 10 heteroatoms. The first-order valence-corrected chi connectivity index (χ1v) is 12.4. The monoisotopic (exact) mass is 490 g/mol. The highest BCUT2D eigenvalue weighted by Crippen LogP contribution is 2.32. The fraction of sp³-hybridized carbons (Fsp3) is 0.423. The molecule has 2 amide bonds. The number of anilines is 1. The third-order valence-corrected chi connectivity index (χ3v) is 7.44. The molecule has 0 radical (unpaired) electrons. The Bertz CT molecular complexity index is 1430. The van der Waals surface area contributed by atoms with E-state index in [0.717, 1.165) is 18.4 Å². The van der Waals surface area contributed by atoms with E-state index in [1.807, 2.05) is 6.20 Å². The van der Waals surface area contributed by atoms with Gasteiger partial charge >= 0.3 is 0 Å². The van der Waals surface area contributed by atoms with E-state index in [1.54, 1.807) is 34.5 Å². The highest BCUT2D eigenvalue weighted by atomic mass is 19.1. The molecule has 2 aromatic heterocycles. The number of likely N-dealkylation sites (N-methyl/N-ethyl adjacent to an activating group) is 1. The van der Waals surface area contributed by atoms with Gasteiger partial charge in [0.1, 0.15) is 17.7 Å². The first-order chi connectivity index (χ1) is 17.4. The number of nitrogens with zero attached hydrogens (tertiary/aromatic N) is 5. The predicted molar refractivity (Wildman–Crippen MR) is 129 cm³/mol. The maximum atomic E-state index is 14.4. The topological polar surface area (TPSA) is 102 Å². The molecular weight excluding hydrogens is 463 g/mol. The van der Waals surface area contributed by atoms with Crippen molar-refractivity contribution in [2.45, 2.75) is 57.2 Å². The predicted octanol–water partition coefficient (Wildman–Crippen LogP) is 2.23. The van der Waals surface area contributed by atoms with Gasteiger partial charge < -0.3 is 14.8 Å². The van der Waals surface area contributed by atoms with E-state index in [4.69, 9.17) is 0 Å². The normalized spacial score (nSPS) is 21.2. The van der Waals surface area contributed by atoms with Gasteiger partial charge in [-0.15, -0.1) is 5.10 Å². The van der Waals surface area contributed by atoms with Crippen molar-refractivity contribution in [2.75, 3.05) is 11.9 Å². The number of benzene rings is 1. The average Bonchev–Trinajstić information content (AvgIpc) is 3.47. The standard InChI is InChI=1S/C26H27FN6O3/c1-31-21-12-23(34)32(13-15-6-7-15)14-16(21)8-9-19(26(31)36)28-25(35)24-29-22-11-10-20(33(22)30-24)17-4-2-3-5-18(17)27/h2-5,12,14-15,19-20H,6-11,13H2,1H3,(H,28,35)/t19-,20-/m0/s1. The van der Waals surface area contributed by atoms with Gasteiger partial charge in [0.2, 0.25) is 11.7 Å². The highest BCUT2D eigenvalue weighted by molar-refractivity contribution is 6.01. The first kappa shape index (κ1) is 22.6. The number of fused-ring (bicyclic) bond motifs is 2. The first-order valence-electron chi connectivity index (χ1n) is 12.4. The summed E-state index contributed by atoms with van der Waals surface area (Å²) >= 11 is 0. The number of carbonyl (C=O) groups excluding carboxylic acids is 2. The molecule has 1 fully saturated rings. The second-order valence-corrected chi connectivity index (χ2v) is 9.95. The van der Waals surface area contributed by atoms with Crippen LogP contribution in [0, 0.1) is 11.7 Å². The van der Waals surface area contributed by atoms with Crippen molar-refractivity contribution in [3.05, 3.63) is 75.5 Å². The summed E-state index contributed by atoms with van der Waals surface area (Å²) in [6, 6.07) is 6.96. The number of aromatic nitrogens is 4. The van der Waals surface area contributed by atoms with Gasteiger partial charge in [0.15, 0.2) is 0 Å². The minimum absolute atomic E-state index is 0.0348. The van der Waals surface area contributed by atoms with Crippen LogP contribution in [-0.4, -0.2) is 44.2 Å². The smallest absolute Gasteiger partial charge is 0.291 e. The molecule has 3 aromatic rings. The summed E-state index contributed by atoms with van der Waals surface area (Å²) in [4.78, 5) is 44.7. The fourth-order valence-electron chi connectivity index (χ4n) is 5.26. The summed E-state index contributed by atoms with van der Waals surface area (Å²) < 4.78 is 17.7. The number of hydrogen-bond donors (Lipinski definition) is 1. The third kappa shape index (κ3) is 4.00. The largest absolute Gasteiger partial charge is 0.337 e. The molecule has 186 valence electrons. The lowest BCUT2D eigenvalue weighted by atomic mass is 10.0. The van der Waals surface area contributed by atoms with Crippen molar-refractivity contribution >= 4 is 17.5 Å². The van der Waals surface area contributed by atoms with Gasteiger partial charge in [-0.05, 0) is 49.7 Å². The van der Waals surface area contributed by atoms with Crippen LogP contribution in [0.15, 0.2) is 41.3 Å². The van der Waals surface area contributed by atoms with Crippen LogP contribution < -0.4 is 15.8 Å². The molecular formula is C26H27FN6O3. The lowest BCUT2D eigenvalue weighted by Gasteiger charge is -2.22. The Morgan fingerprint density at radius 1 is 1.14 bits per heavy atom. The molecule has 2 aliphatic heterocycles. The Kier molecular flexibility index (Phi) is 5.46. The Morgan fingerprint density at radius 2 is 1.94 bits per heavy atom. The molecule has 1 saturated carbocycles. The number of rotatable bonds is 5. The molecule has 4 heterocycles. The van der Waals surface area contributed by atoms with Crippen LogP contribution in [0.1, 0.15) is 59.3 Å². The number of pyridine rings is 1. The lowest BCUT2D eigenvalue weighted by Crippen LogP contribution is -2.47. The molecule has 36 heavy (non-hydrogen) atoms. The zero-order valence-corrected chi connectivity index (χ0v) is 20.0. The van der Waals surface area contributed by atoms with Gasteiger partial charge in [-0.2, -0.15) is 0 Å². The van der Waals surface area contributed by atoms with Crippen LogP contribution in [0.25, 0.3) is 0 Å². The van der Waals surface area contributed by atoms with E-state index in [-0.39, 0.29) is 29.1 Å². The van der Waals surface area contributed by atoms with E-state index in [2.05, 4.69) is 15.4 Å². The molecule has 3 aliphatic rings. The maximum absolute atomic E-state index is 14.4. The second kappa shape index (κ2) is 8.69. The number of amides is 2. The number of carbonyl (C=O) groups is 2. The van der Waals surface area contributed by atoms with Crippen molar-refractivity contribution < 1.29 is 14.0 Å². The summed E-state index contributed by atoms with van der Waals surface area (Å²) in [6.07, 6.45) is 6.32. The Hall–Kier alpha value is -3.82. The molecule has 6 rings (SSSR count). The van der Waals surface area contributed by atoms with Crippen LogP contribution in [0.5, 0.6) is 0 Å². The minimum atomic E-state index is -0.775. The van der Waals surface area contributed by atoms with Gasteiger partial charge in [0.25, 0.3) is 11.5 Å². The molecule has 0 saturated heterocycles.